The molecule has 0 fully saturated rings. The summed E-state index contributed by atoms with van der Waals surface area (Å²) in [6.07, 6.45) is 1.73. The zero-order chi connectivity index (χ0) is 21.6. The van der Waals surface area contributed by atoms with E-state index in [1.165, 1.54) is 6.92 Å². The molecular formula is C26H20N2O3. The highest BCUT2D eigenvalue weighted by Crippen LogP contribution is 2.21. The summed E-state index contributed by atoms with van der Waals surface area (Å²) in [4.78, 5) is 28.1. The molecule has 0 atom stereocenters. The summed E-state index contributed by atoms with van der Waals surface area (Å²) in [5, 5.41) is 4.58. The molecule has 1 N–H and O–H groups in total. The first kappa shape index (κ1) is 20.0. The van der Waals surface area contributed by atoms with Gasteiger partial charge in [0, 0.05) is 18.8 Å². The fourth-order valence-electron chi connectivity index (χ4n) is 3.17. The number of anilines is 1. The van der Waals surface area contributed by atoms with Gasteiger partial charge in [-0.2, -0.15) is 0 Å². The van der Waals surface area contributed by atoms with Crippen LogP contribution >= 0.6 is 0 Å². The largest absolute Gasteiger partial charge is 0.423 e. The molecule has 0 aliphatic carbocycles. The van der Waals surface area contributed by atoms with Crippen LogP contribution in [0.15, 0.2) is 96.0 Å². The van der Waals surface area contributed by atoms with Crippen molar-refractivity contribution in [2.45, 2.75) is 6.92 Å². The lowest BCUT2D eigenvalue weighted by molar-refractivity contribution is -0.114. The van der Waals surface area contributed by atoms with E-state index in [0.717, 1.165) is 27.7 Å². The van der Waals surface area contributed by atoms with Crippen LogP contribution in [-0.2, 0) is 4.79 Å². The van der Waals surface area contributed by atoms with E-state index in [1.807, 2.05) is 60.7 Å². The number of hydrogen-bond donors (Lipinski definition) is 1. The molecule has 0 saturated carbocycles. The molecule has 5 nitrogen and oxygen atoms in total. The third-order valence-electron chi connectivity index (χ3n) is 4.65. The Morgan fingerprint density at radius 2 is 1.55 bits per heavy atom. The first-order valence-corrected chi connectivity index (χ1v) is 9.80. The molecule has 5 heteroatoms. The lowest BCUT2D eigenvalue weighted by Gasteiger charge is -2.07. The molecule has 4 rings (SSSR count). The molecule has 0 aliphatic heterocycles. The van der Waals surface area contributed by atoms with Gasteiger partial charge in [-0.25, -0.2) is 4.79 Å². The van der Waals surface area contributed by atoms with Gasteiger partial charge in [-0.15, -0.1) is 0 Å². The fraction of sp³-hybridized carbons (Fsp3) is 0.0385. The van der Waals surface area contributed by atoms with Crippen LogP contribution in [0.4, 0.5) is 11.4 Å². The average Bonchev–Trinajstić information content (AvgIpc) is 2.79. The number of nitrogens with zero attached hydrogens (tertiary/aromatic N) is 1. The molecule has 0 aromatic heterocycles. The predicted molar refractivity (Wildman–Crippen MR) is 123 cm³/mol. The Bertz CT molecular complexity index is 1250. The normalized spacial score (nSPS) is 10.9. The highest BCUT2D eigenvalue weighted by atomic mass is 16.5. The van der Waals surface area contributed by atoms with Gasteiger partial charge < -0.3 is 10.1 Å². The maximum atomic E-state index is 12.6. The van der Waals surface area contributed by atoms with Crippen LogP contribution < -0.4 is 10.1 Å². The van der Waals surface area contributed by atoms with E-state index >= 15 is 0 Å². The maximum Gasteiger partial charge on any atom is 0.344 e. The van der Waals surface area contributed by atoms with Crippen molar-refractivity contribution < 1.29 is 14.3 Å². The second-order valence-electron chi connectivity index (χ2n) is 6.97. The number of carbonyl (C=O) groups is 2. The third-order valence-corrected chi connectivity index (χ3v) is 4.65. The molecule has 1 amide bonds. The Labute approximate surface area is 180 Å². The van der Waals surface area contributed by atoms with Crippen molar-refractivity contribution in [3.63, 3.8) is 0 Å². The Morgan fingerprint density at radius 3 is 2.29 bits per heavy atom. The van der Waals surface area contributed by atoms with Gasteiger partial charge in [-0.3, -0.25) is 9.79 Å². The smallest absolute Gasteiger partial charge is 0.344 e. The van der Waals surface area contributed by atoms with Gasteiger partial charge in [0.25, 0.3) is 0 Å². The predicted octanol–water partition coefficient (Wildman–Crippen LogP) is 5.77. The standard InChI is InChI=1S/C26H20N2O3/c1-18(29)28-22-13-11-21(12-14-22)27-17-19-9-15-23(16-10-19)31-26(30)25-8-4-6-20-5-2-3-7-24(20)25/h2-17H,1H3,(H,28,29). The molecule has 4 aromatic carbocycles. The summed E-state index contributed by atoms with van der Waals surface area (Å²) in [7, 11) is 0. The Balaban J connectivity index is 1.42. The quantitative estimate of drug-likeness (QED) is 0.259. The van der Waals surface area contributed by atoms with E-state index in [4.69, 9.17) is 4.74 Å². The van der Waals surface area contributed by atoms with Gasteiger partial charge >= 0.3 is 5.97 Å². The van der Waals surface area contributed by atoms with Crippen LogP contribution in [-0.4, -0.2) is 18.1 Å². The topological polar surface area (TPSA) is 67.8 Å². The van der Waals surface area contributed by atoms with Crippen molar-refractivity contribution in [2.75, 3.05) is 5.32 Å². The first-order valence-electron chi connectivity index (χ1n) is 9.80. The van der Waals surface area contributed by atoms with Gasteiger partial charge in [-0.1, -0.05) is 36.4 Å². The number of benzene rings is 4. The van der Waals surface area contributed by atoms with Crippen LogP contribution in [0.25, 0.3) is 10.8 Å². The summed E-state index contributed by atoms with van der Waals surface area (Å²) in [5.74, 6) is -0.0373. The zero-order valence-electron chi connectivity index (χ0n) is 16.9. The second kappa shape index (κ2) is 9.05. The molecule has 0 unspecified atom stereocenters. The van der Waals surface area contributed by atoms with E-state index in [-0.39, 0.29) is 5.91 Å². The van der Waals surface area contributed by atoms with Crippen LogP contribution in [0.3, 0.4) is 0 Å². The highest BCUT2D eigenvalue weighted by Gasteiger charge is 2.12. The van der Waals surface area contributed by atoms with E-state index in [9.17, 15) is 9.59 Å². The maximum absolute atomic E-state index is 12.6. The van der Waals surface area contributed by atoms with E-state index < -0.39 is 5.97 Å². The Kier molecular flexibility index (Phi) is 5.85. The highest BCUT2D eigenvalue weighted by molar-refractivity contribution is 6.05. The number of nitrogens with one attached hydrogen (secondary N) is 1. The minimum Gasteiger partial charge on any atom is -0.423 e. The number of aliphatic imine (C=N–C) groups is 1. The molecule has 0 radical (unpaired) electrons. The first-order chi connectivity index (χ1) is 15.1. The molecule has 0 bridgehead atoms. The Hall–Kier alpha value is -4.25. The number of carbonyl (C=O) groups excluding carboxylic acids is 2. The van der Waals surface area contributed by atoms with Gasteiger partial charge in [0.15, 0.2) is 0 Å². The van der Waals surface area contributed by atoms with E-state index in [0.29, 0.717) is 11.3 Å². The molecule has 0 aliphatic rings. The number of rotatable bonds is 5. The monoisotopic (exact) mass is 408 g/mol. The minimum atomic E-state index is -0.391. The van der Waals surface area contributed by atoms with Crippen molar-refractivity contribution >= 4 is 40.2 Å². The van der Waals surface area contributed by atoms with E-state index in [1.54, 1.807) is 36.5 Å². The number of esters is 1. The molecule has 152 valence electrons. The number of hydrogen-bond acceptors (Lipinski definition) is 4. The molecular weight excluding hydrogens is 388 g/mol. The molecule has 0 heterocycles. The summed E-state index contributed by atoms with van der Waals surface area (Å²) in [6.45, 7) is 1.47. The van der Waals surface area contributed by atoms with Gasteiger partial charge in [0.05, 0.1) is 11.3 Å². The third kappa shape index (κ3) is 5.03. The van der Waals surface area contributed by atoms with Crippen molar-refractivity contribution in [1.29, 1.82) is 0 Å². The number of fused-ring (bicyclic) bond motifs is 1. The van der Waals surface area contributed by atoms with E-state index in [2.05, 4.69) is 10.3 Å². The number of ether oxygens (including phenoxy) is 1. The summed E-state index contributed by atoms with van der Waals surface area (Å²) < 4.78 is 5.55. The second-order valence-corrected chi connectivity index (χ2v) is 6.97. The molecule has 4 aromatic rings. The lowest BCUT2D eigenvalue weighted by Crippen LogP contribution is -2.09. The van der Waals surface area contributed by atoms with Crippen molar-refractivity contribution in [3.05, 3.63) is 102 Å². The molecule has 31 heavy (non-hydrogen) atoms. The van der Waals surface area contributed by atoms with Crippen molar-refractivity contribution in [1.82, 2.24) is 0 Å². The fourth-order valence-corrected chi connectivity index (χ4v) is 3.17. The molecule has 0 saturated heterocycles. The van der Waals surface area contributed by atoms with Gasteiger partial charge in [0.1, 0.15) is 5.75 Å². The zero-order valence-corrected chi connectivity index (χ0v) is 16.9. The number of amides is 1. The van der Waals surface area contributed by atoms with Gasteiger partial charge in [-0.05, 0) is 70.9 Å². The summed E-state index contributed by atoms with van der Waals surface area (Å²) >= 11 is 0. The minimum absolute atomic E-state index is 0.113. The Morgan fingerprint density at radius 1 is 0.839 bits per heavy atom. The van der Waals surface area contributed by atoms with Crippen LogP contribution in [0.5, 0.6) is 5.75 Å². The molecule has 0 spiro atoms. The lowest BCUT2D eigenvalue weighted by atomic mass is 10.0. The van der Waals surface area contributed by atoms with Crippen LogP contribution in [0, 0.1) is 0 Å². The summed E-state index contributed by atoms with van der Waals surface area (Å²) in [5.41, 5.74) is 2.90. The van der Waals surface area contributed by atoms with Crippen molar-refractivity contribution in [3.8, 4) is 5.75 Å². The van der Waals surface area contributed by atoms with Crippen LogP contribution in [0.1, 0.15) is 22.8 Å². The summed E-state index contributed by atoms with van der Waals surface area (Å²) in [6, 6.07) is 27.7. The average molecular weight is 408 g/mol. The van der Waals surface area contributed by atoms with Gasteiger partial charge in [0.2, 0.25) is 5.91 Å². The van der Waals surface area contributed by atoms with Crippen LogP contribution in [0.2, 0.25) is 0 Å². The SMILES string of the molecule is CC(=O)Nc1ccc(N=Cc2ccc(OC(=O)c3cccc4ccccc34)cc2)cc1. The van der Waals surface area contributed by atoms with Crippen molar-refractivity contribution in [2.24, 2.45) is 4.99 Å².